The third-order valence-corrected chi connectivity index (χ3v) is 5.73. The second kappa shape index (κ2) is 5.45. The van der Waals surface area contributed by atoms with Crippen LogP contribution in [0.2, 0.25) is 0 Å². The molecule has 0 bridgehead atoms. The van der Waals surface area contributed by atoms with E-state index in [2.05, 4.69) is 4.98 Å². The highest BCUT2D eigenvalue weighted by Gasteiger charge is 2.39. The van der Waals surface area contributed by atoms with Gasteiger partial charge in [-0.2, -0.15) is 4.31 Å². The molecule has 1 fully saturated rings. The van der Waals surface area contributed by atoms with Gasteiger partial charge in [0.05, 0.1) is 16.9 Å². The molecule has 1 aromatic heterocycles. The molecule has 1 aromatic carbocycles. The molecule has 118 valence electrons. The van der Waals surface area contributed by atoms with Crippen molar-refractivity contribution >= 4 is 10.0 Å². The molecule has 8 heteroatoms. The quantitative estimate of drug-likeness (QED) is 0.900. The summed E-state index contributed by atoms with van der Waals surface area (Å²) in [6.45, 7) is 0.499. The van der Waals surface area contributed by atoms with Gasteiger partial charge < -0.3 is 10.3 Å². The van der Waals surface area contributed by atoms with Crippen molar-refractivity contribution in [3.8, 4) is 0 Å². The highest BCUT2D eigenvalue weighted by Crippen LogP contribution is 2.29. The third kappa shape index (κ3) is 2.65. The van der Waals surface area contributed by atoms with Crippen molar-refractivity contribution in [3.05, 3.63) is 48.3 Å². The second-order valence-electron chi connectivity index (χ2n) is 5.51. The van der Waals surface area contributed by atoms with Crippen LogP contribution < -0.4 is 5.73 Å². The molecule has 1 aliphatic rings. The summed E-state index contributed by atoms with van der Waals surface area (Å²) in [7, 11) is -1.82. The summed E-state index contributed by atoms with van der Waals surface area (Å²) in [5, 5.41) is 0. The lowest BCUT2D eigenvalue weighted by atomic mass is 10.0. The Kier molecular flexibility index (Phi) is 3.75. The van der Waals surface area contributed by atoms with Crippen molar-refractivity contribution < 1.29 is 12.8 Å². The number of hydrogen-bond donors (Lipinski definition) is 1. The minimum atomic E-state index is -3.67. The number of nitrogens with zero attached hydrogens (tertiary/aromatic N) is 3. The van der Waals surface area contributed by atoms with Crippen LogP contribution in [0.25, 0.3) is 0 Å². The molecule has 0 unspecified atom stereocenters. The van der Waals surface area contributed by atoms with Gasteiger partial charge in [0.25, 0.3) is 0 Å². The predicted octanol–water partition coefficient (Wildman–Crippen LogP) is 0.675. The number of aryl methyl sites for hydroxylation is 1. The summed E-state index contributed by atoms with van der Waals surface area (Å²) in [5.74, 6) is -0.611. The van der Waals surface area contributed by atoms with Crippen LogP contribution in [0.4, 0.5) is 4.39 Å². The predicted molar refractivity (Wildman–Crippen MR) is 79.1 cm³/mol. The minimum absolute atomic E-state index is 0.0720. The third-order valence-electron chi connectivity index (χ3n) is 3.89. The van der Waals surface area contributed by atoms with Crippen LogP contribution in [-0.4, -0.2) is 41.4 Å². The molecule has 6 nitrogen and oxygen atoms in total. The summed E-state index contributed by atoms with van der Waals surface area (Å²) in [6.07, 6.45) is 3.51. The van der Waals surface area contributed by atoms with E-state index in [-0.39, 0.29) is 29.9 Å². The summed E-state index contributed by atoms with van der Waals surface area (Å²) in [5.41, 5.74) is 6.88. The van der Waals surface area contributed by atoms with Gasteiger partial charge in [0, 0.05) is 38.3 Å². The number of imidazole rings is 1. The molecule has 2 atom stereocenters. The van der Waals surface area contributed by atoms with Crippen molar-refractivity contribution in [2.45, 2.75) is 16.9 Å². The van der Waals surface area contributed by atoms with E-state index in [0.29, 0.717) is 0 Å². The number of aromatic nitrogens is 2. The first-order valence-electron chi connectivity index (χ1n) is 6.87. The number of rotatable bonds is 3. The summed E-state index contributed by atoms with van der Waals surface area (Å²) in [4.78, 5) is 4.33. The van der Waals surface area contributed by atoms with Crippen LogP contribution in [-0.2, 0) is 17.1 Å². The topological polar surface area (TPSA) is 81.2 Å². The molecule has 1 saturated heterocycles. The van der Waals surface area contributed by atoms with E-state index in [1.165, 1.54) is 16.4 Å². The monoisotopic (exact) mass is 324 g/mol. The van der Waals surface area contributed by atoms with Gasteiger partial charge in [-0.05, 0) is 24.3 Å². The van der Waals surface area contributed by atoms with Gasteiger partial charge in [0.2, 0.25) is 10.0 Å². The first kappa shape index (κ1) is 15.1. The number of halogens is 1. The zero-order chi connectivity index (χ0) is 15.9. The molecule has 0 aliphatic carbocycles. The lowest BCUT2D eigenvalue weighted by Crippen LogP contribution is -2.32. The fourth-order valence-electron chi connectivity index (χ4n) is 2.68. The number of sulfonamides is 1. The molecule has 3 rings (SSSR count). The molecule has 0 saturated carbocycles. The first-order valence-corrected chi connectivity index (χ1v) is 8.31. The normalized spacial score (nSPS) is 23.0. The molecule has 1 aliphatic heterocycles. The Labute approximate surface area is 128 Å². The molecule has 22 heavy (non-hydrogen) atoms. The number of benzene rings is 1. The Hall–Kier alpha value is -1.77. The number of hydrogen-bond acceptors (Lipinski definition) is 4. The zero-order valence-corrected chi connectivity index (χ0v) is 12.9. The smallest absolute Gasteiger partial charge is 0.243 e. The van der Waals surface area contributed by atoms with Crippen LogP contribution in [0.1, 0.15) is 11.6 Å². The SMILES string of the molecule is Cn1cnc([C@@H]2CN(S(=O)(=O)c3ccc(F)cc3)C[C@H]2N)c1. The Morgan fingerprint density at radius 2 is 1.95 bits per heavy atom. The minimum Gasteiger partial charge on any atom is -0.340 e. The Morgan fingerprint density at radius 1 is 1.27 bits per heavy atom. The largest absolute Gasteiger partial charge is 0.340 e. The number of nitrogens with two attached hydrogens (primary N) is 1. The van der Waals surface area contributed by atoms with Crippen LogP contribution in [0.15, 0.2) is 41.7 Å². The van der Waals surface area contributed by atoms with E-state index < -0.39 is 15.8 Å². The maximum Gasteiger partial charge on any atom is 0.243 e. The van der Waals surface area contributed by atoms with E-state index in [0.717, 1.165) is 17.8 Å². The average molecular weight is 324 g/mol. The maximum absolute atomic E-state index is 13.0. The highest BCUT2D eigenvalue weighted by atomic mass is 32.2. The molecule has 0 radical (unpaired) electrons. The van der Waals surface area contributed by atoms with Gasteiger partial charge in [0.15, 0.2) is 0 Å². The van der Waals surface area contributed by atoms with Gasteiger partial charge in [-0.1, -0.05) is 0 Å². The van der Waals surface area contributed by atoms with Crippen molar-refractivity contribution in [3.63, 3.8) is 0 Å². The van der Waals surface area contributed by atoms with E-state index in [4.69, 9.17) is 5.73 Å². The molecule has 0 spiro atoms. The van der Waals surface area contributed by atoms with E-state index in [1.807, 2.05) is 13.2 Å². The van der Waals surface area contributed by atoms with E-state index >= 15 is 0 Å². The molecule has 2 N–H and O–H groups in total. The van der Waals surface area contributed by atoms with Crippen molar-refractivity contribution in [2.24, 2.45) is 12.8 Å². The standard InChI is InChI=1S/C14H17FN4O2S/c1-18-8-14(17-9-18)12-6-19(7-13(12)16)22(20,21)11-4-2-10(15)3-5-11/h2-5,8-9,12-13H,6-7,16H2,1H3/t12-,13-/m1/s1. The fourth-order valence-corrected chi connectivity index (χ4v) is 4.18. The van der Waals surface area contributed by atoms with E-state index in [9.17, 15) is 12.8 Å². The summed E-state index contributed by atoms with van der Waals surface area (Å²) >= 11 is 0. The molecular weight excluding hydrogens is 307 g/mol. The lowest BCUT2D eigenvalue weighted by molar-refractivity contribution is 0.469. The van der Waals surface area contributed by atoms with Gasteiger partial charge in [0.1, 0.15) is 5.82 Å². The first-order chi connectivity index (χ1) is 10.4. The van der Waals surface area contributed by atoms with Gasteiger partial charge in [-0.3, -0.25) is 0 Å². The molecule has 2 heterocycles. The van der Waals surface area contributed by atoms with Crippen LogP contribution in [0.5, 0.6) is 0 Å². The van der Waals surface area contributed by atoms with Crippen molar-refractivity contribution in [1.82, 2.24) is 13.9 Å². The maximum atomic E-state index is 13.0. The van der Waals surface area contributed by atoms with Crippen LogP contribution >= 0.6 is 0 Å². The second-order valence-corrected chi connectivity index (χ2v) is 7.45. The van der Waals surface area contributed by atoms with Crippen LogP contribution in [0.3, 0.4) is 0 Å². The highest BCUT2D eigenvalue weighted by molar-refractivity contribution is 7.89. The Balaban J connectivity index is 1.85. The Morgan fingerprint density at radius 3 is 2.55 bits per heavy atom. The molecule has 0 amide bonds. The van der Waals surface area contributed by atoms with Gasteiger partial charge >= 0.3 is 0 Å². The van der Waals surface area contributed by atoms with Crippen LogP contribution in [0, 0.1) is 5.82 Å². The summed E-state index contributed by atoms with van der Waals surface area (Å²) < 4.78 is 41.3. The lowest BCUT2D eigenvalue weighted by Gasteiger charge is -2.16. The van der Waals surface area contributed by atoms with Gasteiger partial charge in [-0.25, -0.2) is 17.8 Å². The summed E-state index contributed by atoms with van der Waals surface area (Å²) in [6, 6.07) is 4.50. The van der Waals surface area contributed by atoms with E-state index in [1.54, 1.807) is 10.9 Å². The van der Waals surface area contributed by atoms with Crippen molar-refractivity contribution in [2.75, 3.05) is 13.1 Å². The van der Waals surface area contributed by atoms with Crippen molar-refractivity contribution in [1.29, 1.82) is 0 Å². The average Bonchev–Trinajstić information content (AvgIpc) is 3.05. The zero-order valence-electron chi connectivity index (χ0n) is 12.1. The molecule has 2 aromatic rings. The molecular formula is C14H17FN4O2S. The fraction of sp³-hybridized carbons (Fsp3) is 0.357. The van der Waals surface area contributed by atoms with Gasteiger partial charge in [-0.15, -0.1) is 0 Å². The Bertz CT molecular complexity index is 772.